The molecule has 0 fully saturated rings. The highest BCUT2D eigenvalue weighted by Crippen LogP contribution is 2.31. The molecule has 0 radical (unpaired) electrons. The van der Waals surface area contributed by atoms with Crippen molar-refractivity contribution in [2.24, 2.45) is 0 Å². The summed E-state index contributed by atoms with van der Waals surface area (Å²) in [5, 5.41) is 0. The zero-order chi connectivity index (χ0) is 14.1. The third-order valence-electron chi connectivity index (χ3n) is 3.91. The molecule has 0 spiro atoms. The van der Waals surface area contributed by atoms with E-state index in [2.05, 4.69) is 6.07 Å². The Bertz CT molecular complexity index is 636. The van der Waals surface area contributed by atoms with Crippen LogP contribution in [-0.4, -0.2) is 24.4 Å². The van der Waals surface area contributed by atoms with Crippen LogP contribution in [-0.2, 0) is 11.2 Å². The van der Waals surface area contributed by atoms with E-state index in [-0.39, 0.29) is 17.6 Å². The fraction of sp³-hybridized carbons (Fsp3) is 0.235. The highest BCUT2D eigenvalue weighted by atomic mass is 19.1. The quantitative estimate of drug-likeness (QED) is 0.779. The molecule has 102 valence electrons. The molecule has 2 nitrogen and oxygen atoms in total. The maximum atomic E-state index is 13.1. The number of rotatable bonds is 1. The number of nitrogens with zero attached hydrogens (tertiary/aromatic N) is 1. The van der Waals surface area contributed by atoms with Crippen LogP contribution in [0.4, 0.5) is 4.39 Å². The summed E-state index contributed by atoms with van der Waals surface area (Å²) in [7, 11) is 1.82. The van der Waals surface area contributed by atoms with Crippen LogP contribution in [0.1, 0.15) is 22.6 Å². The lowest BCUT2D eigenvalue weighted by Crippen LogP contribution is -2.31. The number of benzene rings is 2. The van der Waals surface area contributed by atoms with Crippen molar-refractivity contribution in [3.05, 3.63) is 71.0 Å². The van der Waals surface area contributed by atoms with Crippen molar-refractivity contribution in [1.29, 1.82) is 0 Å². The molecule has 0 aromatic heterocycles. The van der Waals surface area contributed by atoms with Gasteiger partial charge in [-0.05, 0) is 35.2 Å². The van der Waals surface area contributed by atoms with E-state index in [1.165, 1.54) is 17.7 Å². The summed E-state index contributed by atoms with van der Waals surface area (Å²) in [6.07, 6.45) is 0.857. The average Bonchev–Trinajstić information content (AvgIpc) is 2.59. The van der Waals surface area contributed by atoms with Gasteiger partial charge in [0.2, 0.25) is 5.91 Å². The Morgan fingerprint density at radius 2 is 1.80 bits per heavy atom. The highest BCUT2D eigenvalue weighted by molar-refractivity contribution is 5.88. The zero-order valence-corrected chi connectivity index (χ0v) is 11.3. The Labute approximate surface area is 117 Å². The number of hydrogen-bond acceptors (Lipinski definition) is 1. The van der Waals surface area contributed by atoms with Crippen molar-refractivity contribution >= 4 is 5.91 Å². The van der Waals surface area contributed by atoms with Gasteiger partial charge in [0.05, 0.1) is 5.92 Å². The van der Waals surface area contributed by atoms with E-state index < -0.39 is 0 Å². The second kappa shape index (κ2) is 5.08. The van der Waals surface area contributed by atoms with Gasteiger partial charge in [-0.3, -0.25) is 4.79 Å². The van der Waals surface area contributed by atoms with Gasteiger partial charge in [0.25, 0.3) is 0 Å². The van der Waals surface area contributed by atoms with Gasteiger partial charge in [-0.25, -0.2) is 4.39 Å². The molecular formula is C17H16FNO. The summed E-state index contributed by atoms with van der Waals surface area (Å²) < 4.78 is 13.1. The smallest absolute Gasteiger partial charge is 0.234 e. The molecule has 3 rings (SSSR count). The number of hydrogen-bond donors (Lipinski definition) is 0. The molecule has 1 aliphatic heterocycles. The molecule has 0 aliphatic carbocycles. The van der Waals surface area contributed by atoms with Crippen molar-refractivity contribution in [2.45, 2.75) is 12.3 Å². The van der Waals surface area contributed by atoms with Gasteiger partial charge >= 0.3 is 0 Å². The number of fused-ring (bicyclic) bond motifs is 1. The van der Waals surface area contributed by atoms with E-state index in [1.807, 2.05) is 25.2 Å². The van der Waals surface area contributed by atoms with Crippen LogP contribution < -0.4 is 0 Å². The van der Waals surface area contributed by atoms with Gasteiger partial charge < -0.3 is 4.90 Å². The molecule has 1 amide bonds. The molecule has 2 aromatic carbocycles. The first-order valence-corrected chi connectivity index (χ1v) is 6.75. The van der Waals surface area contributed by atoms with Crippen molar-refractivity contribution in [3.8, 4) is 0 Å². The van der Waals surface area contributed by atoms with E-state index in [0.29, 0.717) is 6.54 Å². The van der Waals surface area contributed by atoms with Crippen LogP contribution >= 0.6 is 0 Å². The fourth-order valence-electron chi connectivity index (χ4n) is 2.77. The Hall–Kier alpha value is -2.16. The van der Waals surface area contributed by atoms with Crippen molar-refractivity contribution in [2.75, 3.05) is 13.6 Å². The molecule has 0 unspecified atom stereocenters. The third-order valence-corrected chi connectivity index (χ3v) is 3.91. The predicted octanol–water partition coefficient (Wildman–Crippen LogP) is 2.97. The van der Waals surface area contributed by atoms with Crippen molar-refractivity contribution in [3.63, 3.8) is 0 Å². The summed E-state index contributed by atoms with van der Waals surface area (Å²) in [5.74, 6) is -0.544. The SMILES string of the molecule is CN1CCc2ccccc2[C@H](c2ccc(F)cc2)C1=O. The lowest BCUT2D eigenvalue weighted by molar-refractivity contribution is -0.130. The topological polar surface area (TPSA) is 20.3 Å². The number of likely N-dealkylation sites (N-methyl/N-ethyl adjacent to an activating group) is 1. The van der Waals surface area contributed by atoms with Gasteiger partial charge in [0.15, 0.2) is 0 Å². The number of halogens is 1. The fourth-order valence-corrected chi connectivity index (χ4v) is 2.77. The minimum atomic E-state index is -0.334. The van der Waals surface area contributed by atoms with Crippen LogP contribution in [0.3, 0.4) is 0 Å². The summed E-state index contributed by atoms with van der Waals surface area (Å²) in [5.41, 5.74) is 3.07. The van der Waals surface area contributed by atoms with Gasteiger partial charge in [-0.1, -0.05) is 36.4 Å². The predicted molar refractivity (Wildman–Crippen MR) is 76.0 cm³/mol. The lowest BCUT2D eigenvalue weighted by atomic mass is 9.87. The van der Waals surface area contributed by atoms with Gasteiger partial charge in [-0.15, -0.1) is 0 Å². The van der Waals surface area contributed by atoms with Crippen LogP contribution in [0.2, 0.25) is 0 Å². The summed E-state index contributed by atoms with van der Waals surface area (Å²) in [6.45, 7) is 0.716. The Balaban J connectivity index is 2.14. The van der Waals surface area contributed by atoms with Crippen LogP contribution in [0, 0.1) is 5.82 Å². The maximum absolute atomic E-state index is 13.1. The minimum Gasteiger partial charge on any atom is -0.345 e. The first-order chi connectivity index (χ1) is 9.66. The van der Waals surface area contributed by atoms with Gasteiger partial charge in [0, 0.05) is 13.6 Å². The monoisotopic (exact) mass is 269 g/mol. The molecule has 0 N–H and O–H groups in total. The third kappa shape index (κ3) is 2.20. The molecule has 1 aliphatic rings. The van der Waals surface area contributed by atoms with E-state index in [0.717, 1.165) is 17.5 Å². The molecule has 1 atom stereocenters. The first kappa shape index (κ1) is 12.9. The Morgan fingerprint density at radius 3 is 2.55 bits per heavy atom. The molecule has 0 saturated carbocycles. The summed E-state index contributed by atoms with van der Waals surface area (Å²) in [6, 6.07) is 14.2. The normalized spacial score (nSPS) is 18.6. The summed E-state index contributed by atoms with van der Waals surface area (Å²) >= 11 is 0. The number of amides is 1. The van der Waals surface area contributed by atoms with Crippen LogP contribution in [0.5, 0.6) is 0 Å². The zero-order valence-electron chi connectivity index (χ0n) is 11.3. The van der Waals surface area contributed by atoms with Crippen LogP contribution in [0.25, 0.3) is 0 Å². The Morgan fingerprint density at radius 1 is 1.10 bits per heavy atom. The molecule has 3 heteroatoms. The maximum Gasteiger partial charge on any atom is 0.234 e. The average molecular weight is 269 g/mol. The molecule has 1 heterocycles. The number of carbonyl (C=O) groups is 1. The molecule has 0 saturated heterocycles. The molecule has 2 aromatic rings. The highest BCUT2D eigenvalue weighted by Gasteiger charge is 2.30. The largest absolute Gasteiger partial charge is 0.345 e. The lowest BCUT2D eigenvalue weighted by Gasteiger charge is -2.21. The molecule has 20 heavy (non-hydrogen) atoms. The molecular weight excluding hydrogens is 253 g/mol. The standard InChI is InChI=1S/C17H16FNO/c1-19-11-10-12-4-2-3-5-15(12)16(17(19)20)13-6-8-14(18)9-7-13/h2-9,16H,10-11H2,1H3/t16-/m0/s1. The van der Waals surface area contributed by atoms with E-state index in [4.69, 9.17) is 0 Å². The number of carbonyl (C=O) groups excluding carboxylic acids is 1. The van der Waals surface area contributed by atoms with Crippen LogP contribution in [0.15, 0.2) is 48.5 Å². The van der Waals surface area contributed by atoms with Crippen molar-refractivity contribution in [1.82, 2.24) is 4.90 Å². The Kier molecular flexibility index (Phi) is 3.26. The van der Waals surface area contributed by atoms with Crippen molar-refractivity contribution < 1.29 is 9.18 Å². The van der Waals surface area contributed by atoms with E-state index in [9.17, 15) is 9.18 Å². The van der Waals surface area contributed by atoms with E-state index in [1.54, 1.807) is 17.0 Å². The minimum absolute atomic E-state index is 0.0709. The second-order valence-electron chi connectivity index (χ2n) is 5.19. The second-order valence-corrected chi connectivity index (χ2v) is 5.19. The van der Waals surface area contributed by atoms with Gasteiger partial charge in [-0.2, -0.15) is 0 Å². The first-order valence-electron chi connectivity index (χ1n) is 6.75. The summed E-state index contributed by atoms with van der Waals surface area (Å²) in [4.78, 5) is 14.4. The molecule has 0 bridgehead atoms. The van der Waals surface area contributed by atoms with Gasteiger partial charge in [0.1, 0.15) is 5.82 Å². The van der Waals surface area contributed by atoms with E-state index >= 15 is 0 Å².